The highest BCUT2D eigenvalue weighted by Crippen LogP contribution is 2.08. The van der Waals surface area contributed by atoms with Gasteiger partial charge in [-0.15, -0.1) is 12.0 Å². The van der Waals surface area contributed by atoms with Crippen LogP contribution in [0.3, 0.4) is 0 Å². The van der Waals surface area contributed by atoms with Crippen LogP contribution in [0.5, 0.6) is 0 Å². The van der Waals surface area contributed by atoms with Crippen LogP contribution >= 0.6 is 0 Å². The highest BCUT2D eigenvalue weighted by molar-refractivity contribution is 5.81. The van der Waals surface area contributed by atoms with Crippen LogP contribution in [0.15, 0.2) is 12.7 Å². The Bertz CT molecular complexity index is 240. The van der Waals surface area contributed by atoms with Crippen LogP contribution < -0.4 is 10.7 Å². The summed E-state index contributed by atoms with van der Waals surface area (Å²) in [5.41, 5.74) is 3.64. The lowest BCUT2D eigenvalue weighted by Crippen LogP contribution is -2.47. The summed E-state index contributed by atoms with van der Waals surface area (Å²) in [6.07, 6.45) is 3.84. The van der Waals surface area contributed by atoms with Gasteiger partial charge in [0.2, 0.25) is 5.91 Å². The molecule has 1 aliphatic rings. The number of urea groups is 1. The van der Waals surface area contributed by atoms with Crippen molar-refractivity contribution in [2.75, 3.05) is 13.1 Å². The van der Waals surface area contributed by atoms with Crippen molar-refractivity contribution in [3.8, 4) is 0 Å². The molecule has 0 aliphatic carbocycles. The number of amides is 3. The van der Waals surface area contributed by atoms with Gasteiger partial charge in [0.25, 0.3) is 0 Å². The Balaban J connectivity index is 2.30. The van der Waals surface area contributed by atoms with E-state index in [0.717, 1.165) is 12.8 Å². The molecule has 0 aromatic heterocycles. The lowest BCUT2D eigenvalue weighted by molar-refractivity contribution is -0.135. The number of carbonyl (C=O) groups excluding carboxylic acids is 2. The molecular formula is C9H14N3O2. The Morgan fingerprint density at radius 1 is 1.64 bits per heavy atom. The SMILES string of the molecule is C=CCNC(=O)[N]N1CCCCC1=O. The van der Waals surface area contributed by atoms with Gasteiger partial charge in [-0.3, -0.25) is 4.79 Å². The van der Waals surface area contributed by atoms with Gasteiger partial charge in [-0.1, -0.05) is 6.08 Å². The molecule has 0 unspecified atom stereocenters. The molecule has 1 N–H and O–H groups in total. The first-order valence-electron chi connectivity index (χ1n) is 4.65. The number of hydrogen-bond donors (Lipinski definition) is 1. The normalized spacial score (nSPS) is 16.3. The zero-order chi connectivity index (χ0) is 10.4. The van der Waals surface area contributed by atoms with Crippen molar-refractivity contribution in [2.45, 2.75) is 19.3 Å². The molecule has 0 aromatic rings. The molecule has 5 nitrogen and oxygen atoms in total. The van der Waals surface area contributed by atoms with Crippen molar-refractivity contribution in [3.63, 3.8) is 0 Å². The Hall–Kier alpha value is -1.52. The van der Waals surface area contributed by atoms with E-state index in [1.54, 1.807) is 6.08 Å². The second-order valence-electron chi connectivity index (χ2n) is 3.05. The van der Waals surface area contributed by atoms with E-state index in [1.165, 1.54) is 5.01 Å². The number of nitrogens with one attached hydrogen (secondary N) is 1. The monoisotopic (exact) mass is 196 g/mol. The summed E-state index contributed by atoms with van der Waals surface area (Å²) in [6.45, 7) is 4.36. The molecule has 0 bridgehead atoms. The zero-order valence-electron chi connectivity index (χ0n) is 8.03. The zero-order valence-corrected chi connectivity index (χ0v) is 8.03. The number of hydrogen-bond acceptors (Lipinski definition) is 2. The lowest BCUT2D eigenvalue weighted by Gasteiger charge is -2.23. The molecular weight excluding hydrogens is 182 g/mol. The summed E-state index contributed by atoms with van der Waals surface area (Å²) in [6, 6.07) is -0.486. The number of rotatable bonds is 3. The Morgan fingerprint density at radius 2 is 2.43 bits per heavy atom. The van der Waals surface area contributed by atoms with Crippen LogP contribution in [-0.2, 0) is 4.79 Å². The average molecular weight is 196 g/mol. The van der Waals surface area contributed by atoms with Crippen molar-refractivity contribution in [2.24, 2.45) is 0 Å². The van der Waals surface area contributed by atoms with Crippen LogP contribution in [-0.4, -0.2) is 30.0 Å². The smallest absolute Gasteiger partial charge is 0.332 e. The molecule has 14 heavy (non-hydrogen) atoms. The molecule has 1 saturated heterocycles. The Labute approximate surface area is 83.1 Å². The average Bonchev–Trinajstić information content (AvgIpc) is 2.18. The van der Waals surface area contributed by atoms with Crippen LogP contribution in [0, 0.1) is 0 Å². The molecule has 0 spiro atoms. The number of piperidine rings is 1. The maximum Gasteiger partial charge on any atom is 0.358 e. The minimum absolute atomic E-state index is 0.0787. The van der Waals surface area contributed by atoms with Crippen LogP contribution in [0.25, 0.3) is 0 Å². The predicted molar refractivity (Wildman–Crippen MR) is 51.3 cm³/mol. The second kappa shape index (κ2) is 5.26. The highest BCUT2D eigenvalue weighted by atomic mass is 16.2. The van der Waals surface area contributed by atoms with E-state index in [9.17, 15) is 9.59 Å². The van der Waals surface area contributed by atoms with Crippen molar-refractivity contribution in [1.29, 1.82) is 0 Å². The van der Waals surface area contributed by atoms with Crippen LogP contribution in [0.1, 0.15) is 19.3 Å². The molecule has 1 heterocycles. The summed E-state index contributed by atoms with van der Waals surface area (Å²) in [5.74, 6) is -0.0787. The summed E-state index contributed by atoms with van der Waals surface area (Å²) in [4.78, 5) is 22.3. The van der Waals surface area contributed by atoms with E-state index in [2.05, 4.69) is 17.3 Å². The molecule has 1 fully saturated rings. The van der Waals surface area contributed by atoms with E-state index >= 15 is 0 Å². The number of carbonyl (C=O) groups is 2. The lowest BCUT2D eigenvalue weighted by atomic mass is 10.1. The van der Waals surface area contributed by atoms with Gasteiger partial charge in [-0.05, 0) is 12.8 Å². The van der Waals surface area contributed by atoms with Crippen LogP contribution in [0.4, 0.5) is 4.79 Å². The summed E-state index contributed by atoms with van der Waals surface area (Å²) < 4.78 is 0. The fourth-order valence-corrected chi connectivity index (χ4v) is 1.20. The maximum atomic E-state index is 11.2. The maximum absolute atomic E-state index is 11.2. The van der Waals surface area contributed by atoms with E-state index < -0.39 is 6.03 Å². The van der Waals surface area contributed by atoms with Crippen LogP contribution in [0.2, 0.25) is 0 Å². The van der Waals surface area contributed by atoms with Gasteiger partial charge in [0.1, 0.15) is 0 Å². The summed E-state index contributed by atoms with van der Waals surface area (Å²) in [5, 5.41) is 3.72. The van der Waals surface area contributed by atoms with Gasteiger partial charge in [0.05, 0.1) is 0 Å². The highest BCUT2D eigenvalue weighted by Gasteiger charge is 2.21. The van der Waals surface area contributed by atoms with E-state index in [4.69, 9.17) is 0 Å². The molecule has 77 valence electrons. The van der Waals surface area contributed by atoms with Crippen molar-refractivity contribution in [1.82, 2.24) is 15.8 Å². The summed E-state index contributed by atoms with van der Waals surface area (Å²) in [7, 11) is 0. The van der Waals surface area contributed by atoms with Crippen molar-refractivity contribution < 1.29 is 9.59 Å². The number of nitrogens with zero attached hydrogens (tertiary/aromatic N) is 2. The van der Waals surface area contributed by atoms with Crippen molar-refractivity contribution in [3.05, 3.63) is 12.7 Å². The minimum atomic E-state index is -0.486. The van der Waals surface area contributed by atoms with E-state index in [0.29, 0.717) is 19.5 Å². The Morgan fingerprint density at radius 3 is 3.07 bits per heavy atom. The third kappa shape index (κ3) is 3.08. The van der Waals surface area contributed by atoms with Gasteiger partial charge >= 0.3 is 6.03 Å². The molecule has 0 saturated carbocycles. The molecule has 1 aliphatic heterocycles. The van der Waals surface area contributed by atoms with E-state index in [-0.39, 0.29) is 5.91 Å². The predicted octanol–water partition coefficient (Wildman–Crippen LogP) is 0.414. The fraction of sp³-hybridized carbons (Fsp3) is 0.556. The Kier molecular flexibility index (Phi) is 3.97. The second-order valence-corrected chi connectivity index (χ2v) is 3.05. The first-order valence-corrected chi connectivity index (χ1v) is 4.65. The molecule has 0 aromatic carbocycles. The van der Waals surface area contributed by atoms with Gasteiger partial charge in [0, 0.05) is 19.5 Å². The molecule has 0 atom stereocenters. The third-order valence-corrected chi connectivity index (χ3v) is 1.91. The van der Waals surface area contributed by atoms with Crippen molar-refractivity contribution >= 4 is 11.9 Å². The minimum Gasteiger partial charge on any atom is -0.332 e. The molecule has 1 rings (SSSR count). The largest absolute Gasteiger partial charge is 0.358 e. The topological polar surface area (TPSA) is 63.5 Å². The standard InChI is InChI=1S/C9H14N3O2/c1-2-6-10-9(14)11-12-7-4-3-5-8(12)13/h2H,1,3-7H2,(H,10,14). The van der Waals surface area contributed by atoms with Gasteiger partial charge in [0.15, 0.2) is 0 Å². The first-order chi connectivity index (χ1) is 6.74. The summed E-state index contributed by atoms with van der Waals surface area (Å²) >= 11 is 0. The molecule has 5 heteroatoms. The van der Waals surface area contributed by atoms with Gasteiger partial charge in [-0.25, -0.2) is 9.80 Å². The van der Waals surface area contributed by atoms with E-state index in [1.807, 2.05) is 0 Å². The first kappa shape index (κ1) is 10.6. The fourth-order valence-electron chi connectivity index (χ4n) is 1.20. The van der Waals surface area contributed by atoms with Gasteiger partial charge in [-0.2, -0.15) is 0 Å². The molecule has 3 amide bonds. The third-order valence-electron chi connectivity index (χ3n) is 1.91. The molecule has 1 radical (unpaired) electrons. The van der Waals surface area contributed by atoms with Gasteiger partial charge < -0.3 is 5.32 Å². The quantitative estimate of drug-likeness (QED) is 0.664.